The number of hydrogen-bond acceptors (Lipinski definition) is 3. The molecule has 0 aromatic heterocycles. The normalized spacial score (nSPS) is 17.4. The molecule has 0 amide bonds. The molecule has 0 aliphatic carbocycles. The van der Waals surface area contributed by atoms with Gasteiger partial charge in [0.25, 0.3) is 0 Å². The Morgan fingerprint density at radius 2 is 1.90 bits per heavy atom. The molecule has 3 rings (SSSR count). The van der Waals surface area contributed by atoms with Crippen LogP contribution in [0.15, 0.2) is 46.9 Å². The van der Waals surface area contributed by atoms with Gasteiger partial charge in [0.15, 0.2) is 0 Å². The van der Waals surface area contributed by atoms with Crippen LogP contribution >= 0.6 is 15.9 Å². The maximum absolute atomic E-state index is 9.51. The third-order valence-corrected chi connectivity index (χ3v) is 4.41. The van der Waals surface area contributed by atoms with E-state index in [1.165, 1.54) is 5.56 Å². The van der Waals surface area contributed by atoms with Crippen molar-refractivity contribution in [2.45, 2.75) is 25.4 Å². The first-order valence-electron chi connectivity index (χ1n) is 6.95. The second-order valence-electron chi connectivity index (χ2n) is 5.86. The minimum atomic E-state index is -0.172. The molecule has 0 spiro atoms. The molecular weight excluding hydrogens is 330 g/mol. The molecule has 110 valence electrons. The maximum atomic E-state index is 9.51. The van der Waals surface area contributed by atoms with E-state index in [1.54, 1.807) is 12.1 Å². The van der Waals surface area contributed by atoms with Gasteiger partial charge < -0.3 is 9.84 Å². The Bertz CT molecular complexity index is 652. The van der Waals surface area contributed by atoms with Crippen molar-refractivity contribution in [3.05, 3.63) is 58.1 Å². The molecule has 1 heterocycles. The number of phenolic OH excluding ortho intramolecular Hbond substituents is 1. The van der Waals surface area contributed by atoms with Crippen LogP contribution in [0.4, 0.5) is 0 Å². The first-order chi connectivity index (χ1) is 9.95. The van der Waals surface area contributed by atoms with Gasteiger partial charge >= 0.3 is 0 Å². The van der Waals surface area contributed by atoms with E-state index >= 15 is 0 Å². The van der Waals surface area contributed by atoms with E-state index in [2.05, 4.69) is 59.4 Å². The number of halogens is 1. The van der Waals surface area contributed by atoms with Gasteiger partial charge in [-0.3, -0.25) is 5.32 Å². The van der Waals surface area contributed by atoms with E-state index < -0.39 is 0 Å². The van der Waals surface area contributed by atoms with E-state index in [-0.39, 0.29) is 17.3 Å². The SMILES string of the molecule is CC(C)(NC1COc2cc(O)ccc21)c1ccc(Br)cc1. The molecule has 0 radical (unpaired) electrons. The van der Waals surface area contributed by atoms with Crippen molar-refractivity contribution in [2.75, 3.05) is 6.61 Å². The molecule has 1 aliphatic heterocycles. The Labute approximate surface area is 133 Å². The fourth-order valence-corrected chi connectivity index (χ4v) is 2.97. The number of fused-ring (bicyclic) bond motifs is 1. The largest absolute Gasteiger partial charge is 0.508 e. The summed E-state index contributed by atoms with van der Waals surface area (Å²) in [5.74, 6) is 1.00. The van der Waals surface area contributed by atoms with Crippen LogP contribution in [0.2, 0.25) is 0 Å². The summed E-state index contributed by atoms with van der Waals surface area (Å²) in [6, 6.07) is 13.8. The number of hydrogen-bond donors (Lipinski definition) is 2. The van der Waals surface area contributed by atoms with Crippen LogP contribution in [0, 0.1) is 0 Å². The number of phenols is 1. The van der Waals surface area contributed by atoms with Gasteiger partial charge in [0, 0.05) is 21.6 Å². The van der Waals surface area contributed by atoms with E-state index in [0.717, 1.165) is 15.8 Å². The van der Waals surface area contributed by atoms with Crippen LogP contribution in [0.1, 0.15) is 31.0 Å². The summed E-state index contributed by atoms with van der Waals surface area (Å²) in [5.41, 5.74) is 2.14. The Morgan fingerprint density at radius 1 is 1.19 bits per heavy atom. The first-order valence-corrected chi connectivity index (χ1v) is 7.74. The molecule has 1 unspecified atom stereocenters. The lowest BCUT2D eigenvalue weighted by Gasteiger charge is -2.30. The van der Waals surface area contributed by atoms with Gasteiger partial charge in [0.2, 0.25) is 0 Å². The van der Waals surface area contributed by atoms with Crippen LogP contribution in [0.3, 0.4) is 0 Å². The minimum absolute atomic E-state index is 0.124. The van der Waals surface area contributed by atoms with Crippen LogP contribution in [-0.2, 0) is 5.54 Å². The molecule has 1 aliphatic rings. The fourth-order valence-electron chi connectivity index (χ4n) is 2.70. The molecule has 0 bridgehead atoms. The van der Waals surface area contributed by atoms with E-state index in [9.17, 15) is 5.11 Å². The van der Waals surface area contributed by atoms with E-state index in [0.29, 0.717) is 6.61 Å². The molecule has 0 saturated carbocycles. The van der Waals surface area contributed by atoms with Crippen LogP contribution in [-0.4, -0.2) is 11.7 Å². The molecule has 2 aromatic rings. The molecule has 0 saturated heterocycles. The summed E-state index contributed by atoms with van der Waals surface area (Å²) >= 11 is 3.46. The Balaban J connectivity index is 1.83. The predicted octanol–water partition coefficient (Wildman–Crippen LogP) is 4.11. The molecular formula is C17H18BrNO2. The van der Waals surface area contributed by atoms with Crippen molar-refractivity contribution in [3.63, 3.8) is 0 Å². The van der Waals surface area contributed by atoms with Crippen LogP contribution in [0.5, 0.6) is 11.5 Å². The predicted molar refractivity (Wildman–Crippen MR) is 86.6 cm³/mol. The van der Waals surface area contributed by atoms with Crippen LogP contribution < -0.4 is 10.1 Å². The Morgan fingerprint density at radius 3 is 2.62 bits per heavy atom. The zero-order chi connectivity index (χ0) is 15.0. The lowest BCUT2D eigenvalue weighted by Crippen LogP contribution is -2.39. The standard InChI is InChI=1S/C17H18BrNO2/c1-17(2,11-3-5-12(18)6-4-11)19-15-10-21-16-9-13(20)7-8-14(15)16/h3-9,15,19-20H,10H2,1-2H3. The number of nitrogens with one attached hydrogen (secondary N) is 1. The van der Waals surface area contributed by atoms with Crippen molar-refractivity contribution in [1.82, 2.24) is 5.32 Å². The summed E-state index contributed by atoms with van der Waals surface area (Å²) in [6.07, 6.45) is 0. The highest BCUT2D eigenvalue weighted by Crippen LogP contribution is 2.37. The van der Waals surface area contributed by atoms with Gasteiger partial charge in [-0.2, -0.15) is 0 Å². The number of aromatic hydroxyl groups is 1. The average Bonchev–Trinajstić information content (AvgIpc) is 2.81. The number of benzene rings is 2. The smallest absolute Gasteiger partial charge is 0.127 e. The van der Waals surface area contributed by atoms with Gasteiger partial charge in [-0.1, -0.05) is 28.1 Å². The van der Waals surface area contributed by atoms with Crippen molar-refractivity contribution in [2.24, 2.45) is 0 Å². The zero-order valence-corrected chi connectivity index (χ0v) is 13.6. The highest BCUT2D eigenvalue weighted by molar-refractivity contribution is 9.10. The molecule has 21 heavy (non-hydrogen) atoms. The Hall–Kier alpha value is -1.52. The second-order valence-corrected chi connectivity index (χ2v) is 6.78. The summed E-state index contributed by atoms with van der Waals surface area (Å²) in [4.78, 5) is 0. The second kappa shape index (κ2) is 5.35. The van der Waals surface area contributed by atoms with Crippen molar-refractivity contribution >= 4 is 15.9 Å². The van der Waals surface area contributed by atoms with Crippen molar-refractivity contribution < 1.29 is 9.84 Å². The summed E-state index contributed by atoms with van der Waals surface area (Å²) in [5, 5.41) is 13.2. The Kier molecular flexibility index (Phi) is 3.68. The van der Waals surface area contributed by atoms with Gasteiger partial charge in [0.05, 0.1) is 6.04 Å². The molecule has 3 nitrogen and oxygen atoms in total. The molecule has 4 heteroatoms. The maximum Gasteiger partial charge on any atom is 0.127 e. The van der Waals surface area contributed by atoms with Crippen molar-refractivity contribution in [3.8, 4) is 11.5 Å². The molecule has 2 N–H and O–H groups in total. The minimum Gasteiger partial charge on any atom is -0.508 e. The summed E-state index contributed by atoms with van der Waals surface area (Å²) in [7, 11) is 0. The van der Waals surface area contributed by atoms with Crippen molar-refractivity contribution in [1.29, 1.82) is 0 Å². The topological polar surface area (TPSA) is 41.5 Å². The first kappa shape index (κ1) is 14.4. The monoisotopic (exact) mass is 347 g/mol. The number of ether oxygens (including phenoxy) is 1. The third-order valence-electron chi connectivity index (χ3n) is 3.88. The summed E-state index contributed by atoms with van der Waals surface area (Å²) < 4.78 is 6.74. The highest BCUT2D eigenvalue weighted by atomic mass is 79.9. The van der Waals surface area contributed by atoms with Crippen LogP contribution in [0.25, 0.3) is 0 Å². The quantitative estimate of drug-likeness (QED) is 0.877. The third kappa shape index (κ3) is 2.92. The zero-order valence-electron chi connectivity index (χ0n) is 12.1. The highest BCUT2D eigenvalue weighted by Gasteiger charge is 2.30. The summed E-state index contributed by atoms with van der Waals surface area (Å²) in [6.45, 7) is 4.90. The lowest BCUT2D eigenvalue weighted by atomic mass is 9.92. The molecule has 0 fully saturated rings. The molecule has 1 atom stereocenters. The van der Waals surface area contributed by atoms with E-state index in [1.807, 2.05) is 6.07 Å². The number of rotatable bonds is 3. The fraction of sp³-hybridized carbons (Fsp3) is 0.294. The van der Waals surface area contributed by atoms with Gasteiger partial charge in [-0.15, -0.1) is 0 Å². The lowest BCUT2D eigenvalue weighted by molar-refractivity contribution is 0.267. The van der Waals surface area contributed by atoms with E-state index in [4.69, 9.17) is 4.74 Å². The average molecular weight is 348 g/mol. The van der Waals surface area contributed by atoms with Gasteiger partial charge in [-0.25, -0.2) is 0 Å². The molecule has 2 aromatic carbocycles. The van der Waals surface area contributed by atoms with Gasteiger partial charge in [-0.05, 0) is 43.7 Å². The van der Waals surface area contributed by atoms with Gasteiger partial charge in [0.1, 0.15) is 18.1 Å².